The van der Waals surface area contributed by atoms with Crippen LogP contribution in [0.25, 0.3) is 0 Å². The lowest BCUT2D eigenvalue weighted by atomic mass is 9.78. The van der Waals surface area contributed by atoms with Gasteiger partial charge in [-0.15, -0.1) is 0 Å². The van der Waals surface area contributed by atoms with Gasteiger partial charge >= 0.3 is 5.97 Å². The normalized spacial score (nSPS) is 17.2. The largest absolute Gasteiger partial charge is 0.481 e. The molecule has 5 heteroatoms. The Hall–Kier alpha value is -1.91. The molecule has 114 valence electrons. The summed E-state index contributed by atoms with van der Waals surface area (Å²) in [7, 11) is 1.72. The molecule has 0 atom stereocenters. The predicted molar refractivity (Wildman–Crippen MR) is 79.1 cm³/mol. The number of rotatable bonds is 4. The minimum atomic E-state index is -0.849. The smallest absolute Gasteiger partial charge is 0.305 e. The van der Waals surface area contributed by atoms with Crippen molar-refractivity contribution >= 4 is 11.9 Å². The van der Waals surface area contributed by atoms with Crippen molar-refractivity contribution in [3.63, 3.8) is 0 Å². The summed E-state index contributed by atoms with van der Waals surface area (Å²) >= 11 is 0. The van der Waals surface area contributed by atoms with Crippen LogP contribution >= 0.6 is 0 Å². The maximum atomic E-state index is 12.6. The number of pyridine rings is 1. The van der Waals surface area contributed by atoms with Gasteiger partial charge < -0.3 is 10.0 Å². The number of nitrogens with zero attached hydrogens (tertiary/aromatic N) is 2. The first-order valence-electron chi connectivity index (χ1n) is 7.37. The van der Waals surface area contributed by atoms with E-state index in [2.05, 4.69) is 4.98 Å². The van der Waals surface area contributed by atoms with Crippen molar-refractivity contribution in [2.75, 3.05) is 7.05 Å². The lowest BCUT2D eigenvalue weighted by molar-refractivity contribution is -0.140. The van der Waals surface area contributed by atoms with Gasteiger partial charge in [-0.05, 0) is 31.9 Å². The predicted octanol–water partition coefficient (Wildman–Crippen LogP) is 2.64. The maximum Gasteiger partial charge on any atom is 0.305 e. The molecular formula is C16H22N2O3. The van der Waals surface area contributed by atoms with E-state index in [4.69, 9.17) is 0 Å². The zero-order chi connectivity index (χ0) is 15.5. The first kappa shape index (κ1) is 15.5. The van der Waals surface area contributed by atoms with Crippen molar-refractivity contribution in [1.29, 1.82) is 0 Å². The standard InChI is InChI=1S/C16H22N2O3/c1-12-6-7-13(11-17-12)15(21)18(2)16(10-14(19)20)8-4-3-5-9-16/h6-7,11H,3-5,8-10H2,1-2H3,(H,19,20). The van der Waals surface area contributed by atoms with Gasteiger partial charge in [-0.25, -0.2) is 0 Å². The average molecular weight is 290 g/mol. The molecule has 0 unspecified atom stereocenters. The van der Waals surface area contributed by atoms with Crippen molar-refractivity contribution in [2.45, 2.75) is 51.0 Å². The van der Waals surface area contributed by atoms with Crippen LogP contribution in [0, 0.1) is 6.92 Å². The molecule has 2 rings (SSSR count). The second kappa shape index (κ2) is 6.24. The molecule has 1 amide bonds. The number of carboxylic acid groups (broad SMARTS) is 1. The molecule has 1 saturated carbocycles. The lowest BCUT2D eigenvalue weighted by Gasteiger charge is -2.43. The van der Waals surface area contributed by atoms with E-state index in [-0.39, 0.29) is 12.3 Å². The summed E-state index contributed by atoms with van der Waals surface area (Å²) in [6.45, 7) is 1.87. The van der Waals surface area contributed by atoms with E-state index in [1.165, 1.54) is 0 Å². The summed E-state index contributed by atoms with van der Waals surface area (Å²) < 4.78 is 0. The van der Waals surface area contributed by atoms with Crippen LogP contribution in [-0.2, 0) is 4.79 Å². The molecule has 5 nitrogen and oxygen atoms in total. The number of carboxylic acids is 1. The number of hydrogen-bond donors (Lipinski definition) is 1. The second-order valence-electron chi connectivity index (χ2n) is 5.91. The Morgan fingerprint density at radius 2 is 1.95 bits per heavy atom. The number of carbonyl (C=O) groups is 2. The summed E-state index contributed by atoms with van der Waals surface area (Å²) in [5.41, 5.74) is 0.803. The van der Waals surface area contributed by atoms with Crippen LogP contribution in [0.3, 0.4) is 0 Å². The van der Waals surface area contributed by atoms with E-state index in [1.807, 2.05) is 6.92 Å². The fourth-order valence-corrected chi connectivity index (χ4v) is 3.13. The SMILES string of the molecule is Cc1ccc(C(=O)N(C)C2(CC(=O)O)CCCCC2)cn1. The highest BCUT2D eigenvalue weighted by Gasteiger charge is 2.40. The van der Waals surface area contributed by atoms with Gasteiger partial charge in [0, 0.05) is 18.9 Å². The first-order valence-corrected chi connectivity index (χ1v) is 7.37. The lowest BCUT2D eigenvalue weighted by Crippen LogP contribution is -2.52. The van der Waals surface area contributed by atoms with Gasteiger partial charge in [-0.2, -0.15) is 0 Å². The molecule has 1 aliphatic rings. The van der Waals surface area contributed by atoms with Crippen LogP contribution in [0.4, 0.5) is 0 Å². The van der Waals surface area contributed by atoms with Crippen LogP contribution in [0.5, 0.6) is 0 Å². The number of amides is 1. The van der Waals surface area contributed by atoms with Gasteiger partial charge in [0.25, 0.3) is 5.91 Å². The van der Waals surface area contributed by atoms with Crippen LogP contribution in [0.2, 0.25) is 0 Å². The summed E-state index contributed by atoms with van der Waals surface area (Å²) in [5.74, 6) is -0.996. The Morgan fingerprint density at radius 1 is 1.29 bits per heavy atom. The van der Waals surface area contributed by atoms with Crippen molar-refractivity contribution < 1.29 is 14.7 Å². The molecule has 0 spiro atoms. The fourth-order valence-electron chi connectivity index (χ4n) is 3.13. The highest BCUT2D eigenvalue weighted by Crippen LogP contribution is 2.36. The van der Waals surface area contributed by atoms with Crippen LogP contribution in [0.1, 0.15) is 54.6 Å². The monoisotopic (exact) mass is 290 g/mol. The van der Waals surface area contributed by atoms with E-state index >= 15 is 0 Å². The highest BCUT2D eigenvalue weighted by molar-refractivity contribution is 5.94. The molecule has 1 aliphatic carbocycles. The topological polar surface area (TPSA) is 70.5 Å². The van der Waals surface area contributed by atoms with Crippen LogP contribution in [0.15, 0.2) is 18.3 Å². The van der Waals surface area contributed by atoms with Gasteiger partial charge in [0.05, 0.1) is 17.5 Å². The summed E-state index contributed by atoms with van der Waals surface area (Å²) in [6, 6.07) is 3.55. The number of aliphatic carboxylic acids is 1. The molecule has 1 fully saturated rings. The Bertz CT molecular complexity index is 519. The van der Waals surface area contributed by atoms with Crippen LogP contribution in [-0.4, -0.2) is 39.5 Å². The van der Waals surface area contributed by atoms with Gasteiger partial charge in [-0.1, -0.05) is 19.3 Å². The molecular weight excluding hydrogens is 268 g/mol. The molecule has 1 heterocycles. The van der Waals surface area contributed by atoms with Gasteiger partial charge in [0.15, 0.2) is 0 Å². The Morgan fingerprint density at radius 3 is 2.48 bits per heavy atom. The Balaban J connectivity index is 2.24. The molecule has 0 aliphatic heterocycles. The van der Waals surface area contributed by atoms with E-state index in [0.717, 1.165) is 37.8 Å². The molecule has 0 bridgehead atoms. The Labute approximate surface area is 125 Å². The minimum Gasteiger partial charge on any atom is -0.481 e. The van der Waals surface area contributed by atoms with Crippen molar-refractivity contribution in [1.82, 2.24) is 9.88 Å². The number of aromatic nitrogens is 1. The molecule has 21 heavy (non-hydrogen) atoms. The van der Waals surface area contributed by atoms with E-state index < -0.39 is 11.5 Å². The van der Waals surface area contributed by atoms with Crippen LogP contribution < -0.4 is 0 Å². The van der Waals surface area contributed by atoms with E-state index in [1.54, 1.807) is 30.3 Å². The van der Waals surface area contributed by atoms with Gasteiger partial charge in [-0.3, -0.25) is 14.6 Å². The summed E-state index contributed by atoms with van der Waals surface area (Å²) in [6.07, 6.45) is 6.12. The van der Waals surface area contributed by atoms with E-state index in [0.29, 0.717) is 5.56 Å². The highest BCUT2D eigenvalue weighted by atomic mass is 16.4. The average Bonchev–Trinajstić information content (AvgIpc) is 2.47. The summed E-state index contributed by atoms with van der Waals surface area (Å²) in [4.78, 5) is 29.6. The van der Waals surface area contributed by atoms with Crippen molar-refractivity contribution in [3.05, 3.63) is 29.6 Å². The van der Waals surface area contributed by atoms with E-state index in [9.17, 15) is 14.7 Å². The molecule has 0 saturated heterocycles. The zero-order valence-electron chi connectivity index (χ0n) is 12.6. The quantitative estimate of drug-likeness (QED) is 0.925. The minimum absolute atomic E-state index is 0.00846. The van der Waals surface area contributed by atoms with Gasteiger partial charge in [0.1, 0.15) is 0 Å². The molecule has 0 aromatic carbocycles. The van der Waals surface area contributed by atoms with Gasteiger partial charge in [0.2, 0.25) is 0 Å². The Kier molecular flexibility index (Phi) is 4.60. The first-order chi connectivity index (χ1) is 9.94. The number of hydrogen-bond acceptors (Lipinski definition) is 3. The molecule has 1 aromatic heterocycles. The third-order valence-electron chi connectivity index (χ3n) is 4.44. The molecule has 1 N–H and O–H groups in total. The third kappa shape index (κ3) is 3.40. The second-order valence-corrected chi connectivity index (χ2v) is 5.91. The third-order valence-corrected chi connectivity index (χ3v) is 4.44. The molecule has 1 aromatic rings. The summed E-state index contributed by atoms with van der Waals surface area (Å²) in [5, 5.41) is 9.22. The van der Waals surface area contributed by atoms with Crippen molar-refractivity contribution in [2.24, 2.45) is 0 Å². The molecule has 0 radical (unpaired) electrons. The number of carbonyl (C=O) groups excluding carboxylic acids is 1. The fraction of sp³-hybridized carbons (Fsp3) is 0.562. The van der Waals surface area contributed by atoms with Crippen molar-refractivity contribution in [3.8, 4) is 0 Å². The number of aryl methyl sites for hydroxylation is 1. The maximum absolute atomic E-state index is 12.6. The zero-order valence-corrected chi connectivity index (χ0v) is 12.6.